The summed E-state index contributed by atoms with van der Waals surface area (Å²) in [6.07, 6.45) is 4.18. The molecule has 9 nitrogen and oxygen atoms in total. The van der Waals surface area contributed by atoms with Crippen molar-refractivity contribution >= 4 is 43.5 Å². The van der Waals surface area contributed by atoms with E-state index in [0.717, 1.165) is 45.6 Å². The standard InChI is InChI=1S/C32H36BrN3O6S/c1-2-43(39,40)36(27-15-16-29-30(19-27)42-22-41-29)21-31(37)35(20-24-11-8-12-25(33)17-24)28(18-23-9-4-3-5-10-23)32(38)34-26-13-6-7-14-26/h3-5,8-12,15-17,19,26,28H,2,6-7,13-14,18,20-22H2,1H3,(H,34,38). The first kappa shape index (κ1) is 30.9. The Labute approximate surface area is 261 Å². The highest BCUT2D eigenvalue weighted by Crippen LogP contribution is 2.36. The summed E-state index contributed by atoms with van der Waals surface area (Å²) < 4.78 is 39.6. The maximum Gasteiger partial charge on any atom is 0.244 e. The third kappa shape index (κ3) is 7.69. The van der Waals surface area contributed by atoms with E-state index < -0.39 is 28.5 Å². The van der Waals surface area contributed by atoms with Crippen LogP contribution in [0, 0.1) is 0 Å². The summed E-state index contributed by atoms with van der Waals surface area (Å²) in [5, 5.41) is 3.18. The van der Waals surface area contributed by atoms with Crippen LogP contribution < -0.4 is 19.1 Å². The zero-order valence-corrected chi connectivity index (χ0v) is 26.5. The fourth-order valence-electron chi connectivity index (χ4n) is 5.51. The van der Waals surface area contributed by atoms with Crippen LogP contribution in [0.3, 0.4) is 0 Å². The number of hydrogen-bond acceptors (Lipinski definition) is 6. The highest BCUT2D eigenvalue weighted by atomic mass is 79.9. The normalized spacial score (nSPS) is 15.2. The molecule has 0 bridgehead atoms. The van der Waals surface area contributed by atoms with Crippen LogP contribution >= 0.6 is 15.9 Å². The number of sulfonamides is 1. The molecule has 1 unspecified atom stereocenters. The second kappa shape index (κ2) is 13.8. The van der Waals surface area contributed by atoms with Crippen molar-refractivity contribution in [3.63, 3.8) is 0 Å². The van der Waals surface area contributed by atoms with Gasteiger partial charge < -0.3 is 19.7 Å². The summed E-state index contributed by atoms with van der Waals surface area (Å²) in [5.74, 6) is -0.0308. The molecule has 1 atom stereocenters. The number of amides is 2. The lowest BCUT2D eigenvalue weighted by molar-refractivity contribution is -0.140. The van der Waals surface area contributed by atoms with Gasteiger partial charge in [-0.1, -0.05) is 71.2 Å². The van der Waals surface area contributed by atoms with E-state index in [1.165, 1.54) is 11.8 Å². The number of nitrogens with zero attached hydrogens (tertiary/aromatic N) is 2. The molecule has 0 saturated heterocycles. The zero-order chi connectivity index (χ0) is 30.4. The van der Waals surface area contributed by atoms with Crippen molar-refractivity contribution in [2.24, 2.45) is 0 Å². The van der Waals surface area contributed by atoms with Gasteiger partial charge >= 0.3 is 0 Å². The number of fused-ring (bicyclic) bond motifs is 1. The van der Waals surface area contributed by atoms with E-state index in [9.17, 15) is 18.0 Å². The summed E-state index contributed by atoms with van der Waals surface area (Å²) in [7, 11) is -3.88. The molecular formula is C32H36BrN3O6S. The Hall–Kier alpha value is -3.57. The van der Waals surface area contributed by atoms with Gasteiger partial charge in [0.2, 0.25) is 28.6 Å². The molecule has 43 heavy (non-hydrogen) atoms. The van der Waals surface area contributed by atoms with Gasteiger partial charge in [-0.2, -0.15) is 0 Å². The Morgan fingerprint density at radius 3 is 2.40 bits per heavy atom. The van der Waals surface area contributed by atoms with Crippen molar-refractivity contribution in [1.82, 2.24) is 10.2 Å². The fourth-order valence-corrected chi connectivity index (χ4v) is 7.01. The molecule has 0 aromatic heterocycles. The van der Waals surface area contributed by atoms with E-state index in [1.807, 2.05) is 54.6 Å². The number of halogens is 1. The predicted octanol–water partition coefficient (Wildman–Crippen LogP) is 5.03. The molecule has 5 rings (SSSR count). The zero-order valence-electron chi connectivity index (χ0n) is 24.1. The minimum Gasteiger partial charge on any atom is -0.454 e. The lowest BCUT2D eigenvalue weighted by Gasteiger charge is -2.34. The Kier molecular flexibility index (Phi) is 9.92. The van der Waals surface area contributed by atoms with E-state index in [-0.39, 0.29) is 43.1 Å². The number of ether oxygens (including phenoxy) is 2. The van der Waals surface area contributed by atoms with Gasteiger partial charge in [-0.3, -0.25) is 13.9 Å². The quantitative estimate of drug-likeness (QED) is 0.290. The van der Waals surface area contributed by atoms with Crippen molar-refractivity contribution in [2.75, 3.05) is 23.4 Å². The van der Waals surface area contributed by atoms with Crippen molar-refractivity contribution in [1.29, 1.82) is 0 Å². The predicted molar refractivity (Wildman–Crippen MR) is 168 cm³/mol. The average Bonchev–Trinajstić information content (AvgIpc) is 3.70. The molecule has 3 aromatic rings. The molecule has 1 fully saturated rings. The lowest BCUT2D eigenvalue weighted by Crippen LogP contribution is -2.54. The van der Waals surface area contributed by atoms with E-state index in [2.05, 4.69) is 21.2 Å². The highest BCUT2D eigenvalue weighted by molar-refractivity contribution is 9.10. The van der Waals surface area contributed by atoms with Crippen LogP contribution in [-0.2, 0) is 32.6 Å². The van der Waals surface area contributed by atoms with Gasteiger partial charge in [0.25, 0.3) is 0 Å². The highest BCUT2D eigenvalue weighted by Gasteiger charge is 2.35. The molecular weight excluding hydrogens is 634 g/mol. The maximum atomic E-state index is 14.4. The van der Waals surface area contributed by atoms with Crippen molar-refractivity contribution in [3.05, 3.63) is 88.4 Å². The molecule has 2 aliphatic rings. The minimum absolute atomic E-state index is 0.0376. The van der Waals surface area contributed by atoms with Gasteiger partial charge in [0.15, 0.2) is 11.5 Å². The lowest BCUT2D eigenvalue weighted by atomic mass is 10.0. The van der Waals surface area contributed by atoms with Crippen LogP contribution in [0.25, 0.3) is 0 Å². The first-order chi connectivity index (χ1) is 20.7. The van der Waals surface area contributed by atoms with Crippen molar-refractivity contribution < 1.29 is 27.5 Å². The number of nitrogens with one attached hydrogen (secondary N) is 1. The minimum atomic E-state index is -3.88. The molecule has 1 aliphatic heterocycles. The number of carbonyl (C=O) groups excluding carboxylic acids is 2. The molecule has 1 N–H and O–H groups in total. The molecule has 0 radical (unpaired) electrons. The summed E-state index contributed by atoms with van der Waals surface area (Å²) >= 11 is 3.51. The number of rotatable bonds is 12. The number of benzene rings is 3. The Morgan fingerprint density at radius 1 is 0.953 bits per heavy atom. The Morgan fingerprint density at radius 2 is 1.67 bits per heavy atom. The van der Waals surface area contributed by atoms with Crippen LogP contribution in [-0.4, -0.2) is 56.3 Å². The molecule has 3 aromatic carbocycles. The Balaban J connectivity index is 1.52. The van der Waals surface area contributed by atoms with E-state index in [0.29, 0.717) is 11.5 Å². The third-order valence-corrected chi connectivity index (χ3v) is 10.1. The van der Waals surface area contributed by atoms with Crippen LogP contribution in [0.4, 0.5) is 5.69 Å². The Bertz CT molecular complexity index is 1550. The first-order valence-electron chi connectivity index (χ1n) is 14.5. The summed E-state index contributed by atoms with van der Waals surface area (Å²) in [6, 6.07) is 21.1. The first-order valence-corrected chi connectivity index (χ1v) is 16.9. The third-order valence-electron chi connectivity index (χ3n) is 7.84. The molecule has 11 heteroatoms. The maximum absolute atomic E-state index is 14.4. The van der Waals surface area contributed by atoms with Crippen molar-refractivity contribution in [3.8, 4) is 11.5 Å². The largest absolute Gasteiger partial charge is 0.454 e. The molecule has 2 amide bonds. The SMILES string of the molecule is CCS(=O)(=O)N(CC(=O)N(Cc1cccc(Br)c1)C(Cc1ccccc1)C(=O)NC1CCCC1)c1ccc2c(c1)OCO2. The van der Waals surface area contributed by atoms with Gasteiger partial charge in [-0.25, -0.2) is 8.42 Å². The van der Waals surface area contributed by atoms with E-state index in [4.69, 9.17) is 9.47 Å². The smallest absolute Gasteiger partial charge is 0.244 e. The molecule has 0 spiro atoms. The second-order valence-corrected chi connectivity index (χ2v) is 13.9. The molecule has 228 valence electrons. The summed E-state index contributed by atoms with van der Waals surface area (Å²) in [4.78, 5) is 29.8. The van der Waals surface area contributed by atoms with Gasteiger partial charge in [-0.05, 0) is 55.2 Å². The number of hydrogen-bond donors (Lipinski definition) is 1. The van der Waals surface area contributed by atoms with Crippen LogP contribution in [0.15, 0.2) is 77.3 Å². The summed E-state index contributed by atoms with van der Waals surface area (Å²) in [6.45, 7) is 1.21. The topological polar surface area (TPSA) is 105 Å². The van der Waals surface area contributed by atoms with Crippen LogP contribution in [0.1, 0.15) is 43.7 Å². The van der Waals surface area contributed by atoms with Crippen molar-refractivity contribution in [2.45, 2.75) is 57.7 Å². The molecule has 1 saturated carbocycles. The van der Waals surface area contributed by atoms with Gasteiger partial charge in [0.1, 0.15) is 12.6 Å². The van der Waals surface area contributed by atoms with E-state index >= 15 is 0 Å². The number of carbonyl (C=O) groups is 2. The average molecular weight is 671 g/mol. The molecule has 1 heterocycles. The van der Waals surface area contributed by atoms with Gasteiger partial charge in [-0.15, -0.1) is 0 Å². The van der Waals surface area contributed by atoms with Gasteiger partial charge in [0.05, 0.1) is 11.4 Å². The van der Waals surface area contributed by atoms with Crippen LogP contribution in [0.5, 0.6) is 11.5 Å². The monoisotopic (exact) mass is 669 g/mol. The number of anilines is 1. The van der Waals surface area contributed by atoms with Crippen LogP contribution in [0.2, 0.25) is 0 Å². The second-order valence-electron chi connectivity index (χ2n) is 10.8. The van der Waals surface area contributed by atoms with Gasteiger partial charge in [0, 0.05) is 29.5 Å². The summed E-state index contributed by atoms with van der Waals surface area (Å²) in [5.41, 5.74) is 1.99. The van der Waals surface area contributed by atoms with E-state index in [1.54, 1.807) is 18.2 Å². The molecule has 1 aliphatic carbocycles. The fraction of sp³-hybridized carbons (Fsp3) is 0.375.